The van der Waals surface area contributed by atoms with Crippen molar-refractivity contribution in [3.8, 4) is 0 Å². The lowest BCUT2D eigenvalue weighted by molar-refractivity contribution is -0.169. The van der Waals surface area contributed by atoms with Crippen molar-refractivity contribution in [2.75, 3.05) is 0 Å². The van der Waals surface area contributed by atoms with Crippen molar-refractivity contribution in [2.45, 2.75) is 70.4 Å². The predicted molar refractivity (Wildman–Crippen MR) is 76.9 cm³/mol. The van der Waals surface area contributed by atoms with Crippen molar-refractivity contribution >= 4 is 11.9 Å². The van der Waals surface area contributed by atoms with Crippen LogP contribution in [0.15, 0.2) is 11.1 Å². The van der Waals surface area contributed by atoms with Crippen molar-refractivity contribution < 1.29 is 23.8 Å². The fourth-order valence-electron chi connectivity index (χ4n) is 5.01. The van der Waals surface area contributed by atoms with Gasteiger partial charge in [0.05, 0.1) is 11.7 Å². The molecule has 0 spiro atoms. The topological polar surface area (TPSA) is 65.1 Å². The molecule has 0 aromatic heterocycles. The van der Waals surface area contributed by atoms with E-state index in [9.17, 15) is 9.59 Å². The highest BCUT2D eigenvalue weighted by Gasteiger charge is 2.70. The molecule has 2 saturated carbocycles. The third kappa shape index (κ3) is 1.75. The molecule has 4 rings (SSSR count). The van der Waals surface area contributed by atoms with Gasteiger partial charge < -0.3 is 14.2 Å². The number of epoxide rings is 1. The van der Waals surface area contributed by atoms with Crippen LogP contribution < -0.4 is 0 Å². The minimum Gasteiger partial charge on any atom is -0.459 e. The Hall–Kier alpha value is -1.36. The Kier molecular flexibility index (Phi) is 2.68. The van der Waals surface area contributed by atoms with Crippen LogP contribution in [0, 0.1) is 11.8 Å². The first kappa shape index (κ1) is 14.2. The van der Waals surface area contributed by atoms with Gasteiger partial charge in [-0.2, -0.15) is 0 Å². The van der Waals surface area contributed by atoms with E-state index < -0.39 is 5.60 Å². The van der Waals surface area contributed by atoms with E-state index >= 15 is 0 Å². The summed E-state index contributed by atoms with van der Waals surface area (Å²) in [6.45, 7) is 7.42. The van der Waals surface area contributed by atoms with Gasteiger partial charge in [-0.3, -0.25) is 4.79 Å². The minimum absolute atomic E-state index is 0.139. The maximum absolute atomic E-state index is 11.9. The lowest BCUT2D eigenvalue weighted by Crippen LogP contribution is -2.44. The molecule has 0 N–H and O–H groups in total. The number of esters is 2. The second-order valence-corrected chi connectivity index (χ2v) is 7.60. The SMILES string of the molecule is CC(=O)O[C@]1(C)C[C@@H]2OC(=O)C(C)=C2C[C@@H]2[C@H]1C[C@@H]1O[C@@]12C. The van der Waals surface area contributed by atoms with Gasteiger partial charge in [0.15, 0.2) is 0 Å². The maximum atomic E-state index is 11.9. The lowest BCUT2D eigenvalue weighted by atomic mass is 9.76. The number of rotatable bonds is 1. The molecule has 2 aliphatic carbocycles. The van der Waals surface area contributed by atoms with Gasteiger partial charge in [0.25, 0.3) is 0 Å². The normalized spacial score (nSPS) is 49.0. The Morgan fingerprint density at radius 3 is 2.73 bits per heavy atom. The second-order valence-electron chi connectivity index (χ2n) is 7.60. The number of hydrogen-bond donors (Lipinski definition) is 0. The van der Waals surface area contributed by atoms with Gasteiger partial charge in [0.2, 0.25) is 0 Å². The highest BCUT2D eigenvalue weighted by atomic mass is 16.6. The summed E-state index contributed by atoms with van der Waals surface area (Å²) < 4.78 is 17.2. The summed E-state index contributed by atoms with van der Waals surface area (Å²) in [6, 6.07) is 0. The molecule has 0 bridgehead atoms. The summed E-state index contributed by atoms with van der Waals surface area (Å²) in [6.07, 6.45) is 2.26. The Labute approximate surface area is 130 Å². The van der Waals surface area contributed by atoms with E-state index in [1.165, 1.54) is 6.92 Å². The smallest absolute Gasteiger partial charge is 0.334 e. The Bertz CT molecular complexity index is 608. The molecule has 1 saturated heterocycles. The quantitative estimate of drug-likeness (QED) is 0.548. The molecular weight excluding hydrogens is 284 g/mol. The van der Waals surface area contributed by atoms with Crippen molar-refractivity contribution in [3.63, 3.8) is 0 Å². The van der Waals surface area contributed by atoms with Crippen molar-refractivity contribution in [1.82, 2.24) is 0 Å². The van der Waals surface area contributed by atoms with Crippen molar-refractivity contribution in [3.05, 3.63) is 11.1 Å². The summed E-state index contributed by atoms with van der Waals surface area (Å²) in [7, 11) is 0. The van der Waals surface area contributed by atoms with Gasteiger partial charge in [-0.25, -0.2) is 4.79 Å². The Balaban J connectivity index is 1.77. The first-order valence-corrected chi connectivity index (χ1v) is 8.02. The molecule has 6 atom stereocenters. The fourth-order valence-corrected chi connectivity index (χ4v) is 5.01. The van der Waals surface area contributed by atoms with Crippen molar-refractivity contribution in [1.29, 1.82) is 0 Å². The third-order valence-electron chi connectivity index (χ3n) is 6.29. The summed E-state index contributed by atoms with van der Waals surface area (Å²) in [5.41, 5.74) is 1.06. The van der Waals surface area contributed by atoms with Crippen LogP contribution in [0.2, 0.25) is 0 Å². The molecule has 0 amide bonds. The maximum Gasteiger partial charge on any atom is 0.334 e. The number of hydrogen-bond acceptors (Lipinski definition) is 5. The van der Waals surface area contributed by atoms with Crippen LogP contribution in [0.1, 0.15) is 47.0 Å². The van der Waals surface area contributed by atoms with E-state index in [2.05, 4.69) is 6.92 Å². The summed E-state index contributed by atoms with van der Waals surface area (Å²) in [5, 5.41) is 0. The van der Waals surface area contributed by atoms with Crippen LogP contribution in [0.25, 0.3) is 0 Å². The molecule has 2 heterocycles. The van der Waals surface area contributed by atoms with Crippen LogP contribution in [-0.4, -0.2) is 35.3 Å². The fraction of sp³-hybridized carbons (Fsp3) is 0.765. The van der Waals surface area contributed by atoms with Crippen molar-refractivity contribution in [2.24, 2.45) is 11.8 Å². The number of ether oxygens (including phenoxy) is 3. The molecule has 2 aliphatic heterocycles. The molecule has 5 nitrogen and oxygen atoms in total. The highest BCUT2D eigenvalue weighted by molar-refractivity contribution is 5.91. The van der Waals surface area contributed by atoms with Gasteiger partial charge in [-0.05, 0) is 39.2 Å². The zero-order valence-electron chi connectivity index (χ0n) is 13.5. The van der Waals surface area contributed by atoms with Gasteiger partial charge in [-0.1, -0.05) is 0 Å². The number of fused-ring (bicyclic) bond motifs is 4. The molecule has 120 valence electrons. The Morgan fingerprint density at radius 1 is 1.32 bits per heavy atom. The summed E-state index contributed by atoms with van der Waals surface area (Å²) in [5.74, 6) is 0.0115. The first-order chi connectivity index (χ1) is 10.2. The van der Waals surface area contributed by atoms with Crippen LogP contribution in [0.4, 0.5) is 0 Å². The molecular formula is C17H22O5. The van der Waals surface area contributed by atoms with Gasteiger partial charge in [0.1, 0.15) is 11.7 Å². The molecule has 0 aromatic rings. The molecule has 0 radical (unpaired) electrons. The molecule has 4 aliphatic rings. The summed E-state index contributed by atoms with van der Waals surface area (Å²) >= 11 is 0. The molecule has 5 heteroatoms. The first-order valence-electron chi connectivity index (χ1n) is 8.02. The standard InChI is InChI=1S/C17H22O5/c1-8-10-5-12-11(6-14-17(12,4)22-14)16(3,21-9(2)18)7-13(10)20-15(8)19/h11-14H,5-7H2,1-4H3/t11-,12-,13+,14+,16-,17-/m1/s1. The largest absolute Gasteiger partial charge is 0.459 e. The van der Waals surface area contributed by atoms with E-state index in [1.54, 1.807) is 0 Å². The van der Waals surface area contributed by atoms with Crippen LogP contribution in [0.5, 0.6) is 0 Å². The van der Waals surface area contributed by atoms with Crippen LogP contribution >= 0.6 is 0 Å². The summed E-state index contributed by atoms with van der Waals surface area (Å²) in [4.78, 5) is 23.6. The van der Waals surface area contributed by atoms with Gasteiger partial charge in [0, 0.05) is 30.8 Å². The molecule has 22 heavy (non-hydrogen) atoms. The van der Waals surface area contributed by atoms with E-state index in [-0.39, 0.29) is 41.6 Å². The minimum atomic E-state index is -0.604. The zero-order chi connectivity index (χ0) is 15.9. The lowest BCUT2D eigenvalue weighted by Gasteiger charge is -2.38. The second kappa shape index (κ2) is 4.13. The number of carbonyl (C=O) groups excluding carboxylic acids is 2. The van der Waals surface area contributed by atoms with E-state index in [0.29, 0.717) is 6.42 Å². The van der Waals surface area contributed by atoms with Crippen LogP contribution in [-0.2, 0) is 23.8 Å². The van der Waals surface area contributed by atoms with Crippen LogP contribution in [0.3, 0.4) is 0 Å². The average Bonchev–Trinajstić information content (AvgIpc) is 2.92. The predicted octanol–water partition coefficient (Wildman–Crippen LogP) is 2.14. The molecule has 0 unspecified atom stereocenters. The highest BCUT2D eigenvalue weighted by Crippen LogP contribution is 2.63. The zero-order valence-corrected chi connectivity index (χ0v) is 13.5. The number of carbonyl (C=O) groups is 2. The molecule has 0 aromatic carbocycles. The monoisotopic (exact) mass is 306 g/mol. The molecule has 3 fully saturated rings. The van der Waals surface area contributed by atoms with E-state index in [4.69, 9.17) is 14.2 Å². The third-order valence-corrected chi connectivity index (χ3v) is 6.29. The Morgan fingerprint density at radius 2 is 2.05 bits per heavy atom. The van der Waals surface area contributed by atoms with Gasteiger partial charge >= 0.3 is 11.9 Å². The average molecular weight is 306 g/mol. The van der Waals surface area contributed by atoms with Gasteiger partial charge in [-0.15, -0.1) is 0 Å². The van der Waals surface area contributed by atoms with E-state index in [1.807, 2.05) is 13.8 Å². The van der Waals surface area contributed by atoms with E-state index in [0.717, 1.165) is 24.0 Å².